The Morgan fingerprint density at radius 3 is 2.76 bits per heavy atom. The van der Waals surface area contributed by atoms with E-state index >= 15 is 0 Å². The Hall–Kier alpha value is -1.22. The van der Waals surface area contributed by atoms with E-state index < -0.39 is 10.0 Å². The Morgan fingerprint density at radius 2 is 2.14 bits per heavy atom. The molecular formula is C13H19N3O3S2. The Bertz CT molecular complexity index is 704. The molecule has 2 heterocycles. The van der Waals surface area contributed by atoms with Crippen LogP contribution in [0.15, 0.2) is 20.9 Å². The van der Waals surface area contributed by atoms with Crippen molar-refractivity contribution in [3.63, 3.8) is 0 Å². The molecule has 2 aromatic rings. The highest BCUT2D eigenvalue weighted by molar-refractivity contribution is 7.91. The van der Waals surface area contributed by atoms with Gasteiger partial charge in [0.1, 0.15) is 9.97 Å². The summed E-state index contributed by atoms with van der Waals surface area (Å²) in [7, 11) is -1.70. The first-order valence-electron chi connectivity index (χ1n) is 6.63. The zero-order valence-corrected chi connectivity index (χ0v) is 13.9. The van der Waals surface area contributed by atoms with E-state index in [1.54, 1.807) is 12.3 Å². The van der Waals surface area contributed by atoms with Crippen LogP contribution in [0.4, 0.5) is 0 Å². The van der Waals surface area contributed by atoms with E-state index in [9.17, 15) is 8.42 Å². The lowest BCUT2D eigenvalue weighted by atomic mass is 10.3. The van der Waals surface area contributed by atoms with Crippen molar-refractivity contribution in [3.8, 4) is 0 Å². The molecule has 116 valence electrons. The number of thiophene rings is 1. The highest BCUT2D eigenvalue weighted by Crippen LogP contribution is 2.25. The number of sulfonamides is 1. The largest absolute Gasteiger partial charge is 0.444 e. The van der Waals surface area contributed by atoms with Crippen LogP contribution in [0.1, 0.15) is 29.0 Å². The average molecular weight is 329 g/mol. The standard InChI is InChI=1S/C13H19N3O3S2/c1-4-10-6-15-12(19-10)8-16-21(17,18)13-5-9(2)11(20-13)7-14-3/h5-6,14,16H,4,7-8H2,1-3H3. The summed E-state index contributed by atoms with van der Waals surface area (Å²) in [5.41, 5.74) is 0.971. The van der Waals surface area contributed by atoms with Gasteiger partial charge < -0.3 is 9.73 Å². The highest BCUT2D eigenvalue weighted by atomic mass is 32.2. The van der Waals surface area contributed by atoms with E-state index in [0.717, 1.165) is 22.6 Å². The SMILES string of the molecule is CCc1cnc(CNS(=O)(=O)c2cc(C)c(CNC)s2)o1. The van der Waals surface area contributed by atoms with E-state index in [-0.39, 0.29) is 6.54 Å². The first-order valence-corrected chi connectivity index (χ1v) is 8.93. The van der Waals surface area contributed by atoms with Gasteiger partial charge in [-0.3, -0.25) is 0 Å². The first kappa shape index (κ1) is 16.2. The molecular weight excluding hydrogens is 310 g/mol. The molecule has 0 amide bonds. The van der Waals surface area contributed by atoms with Crippen LogP contribution in [0.25, 0.3) is 0 Å². The second-order valence-electron chi connectivity index (χ2n) is 4.60. The zero-order chi connectivity index (χ0) is 15.5. The van der Waals surface area contributed by atoms with Crippen LogP contribution in [-0.4, -0.2) is 20.4 Å². The van der Waals surface area contributed by atoms with Crippen LogP contribution in [-0.2, 0) is 29.5 Å². The van der Waals surface area contributed by atoms with Crippen molar-refractivity contribution in [1.82, 2.24) is 15.0 Å². The number of nitrogens with zero attached hydrogens (tertiary/aromatic N) is 1. The van der Waals surface area contributed by atoms with E-state index in [0.29, 0.717) is 16.6 Å². The molecule has 2 aromatic heterocycles. The Labute approximate surface area is 128 Å². The van der Waals surface area contributed by atoms with Gasteiger partial charge in [0.2, 0.25) is 5.89 Å². The molecule has 0 unspecified atom stereocenters. The molecule has 0 aliphatic carbocycles. The minimum atomic E-state index is -3.54. The van der Waals surface area contributed by atoms with Crippen molar-refractivity contribution in [2.45, 2.75) is 37.6 Å². The number of oxazole rings is 1. The Kier molecular flexibility index (Phi) is 5.15. The van der Waals surface area contributed by atoms with Crippen LogP contribution in [0.5, 0.6) is 0 Å². The van der Waals surface area contributed by atoms with Crippen molar-refractivity contribution in [3.05, 3.63) is 34.4 Å². The number of nitrogens with one attached hydrogen (secondary N) is 2. The number of hydrogen-bond donors (Lipinski definition) is 2. The summed E-state index contributed by atoms with van der Waals surface area (Å²) in [5.74, 6) is 1.12. The third-order valence-corrected chi connectivity index (χ3v) is 6.08. The lowest BCUT2D eigenvalue weighted by molar-refractivity contribution is 0.452. The summed E-state index contributed by atoms with van der Waals surface area (Å²) in [4.78, 5) is 5.05. The van der Waals surface area contributed by atoms with Gasteiger partial charge in [-0.1, -0.05) is 6.92 Å². The predicted molar refractivity (Wildman–Crippen MR) is 81.7 cm³/mol. The Balaban J connectivity index is 2.09. The molecule has 6 nitrogen and oxygen atoms in total. The van der Waals surface area contributed by atoms with Crippen molar-refractivity contribution >= 4 is 21.4 Å². The van der Waals surface area contributed by atoms with Gasteiger partial charge in [0, 0.05) is 17.8 Å². The summed E-state index contributed by atoms with van der Waals surface area (Å²) in [5, 5.41) is 3.03. The minimum absolute atomic E-state index is 0.0562. The third kappa shape index (κ3) is 3.91. The molecule has 8 heteroatoms. The van der Waals surface area contributed by atoms with Gasteiger partial charge in [0.15, 0.2) is 0 Å². The maximum absolute atomic E-state index is 12.3. The molecule has 0 saturated carbocycles. The summed E-state index contributed by atoms with van der Waals surface area (Å²) >= 11 is 1.27. The van der Waals surface area contributed by atoms with Crippen molar-refractivity contribution in [2.24, 2.45) is 0 Å². The summed E-state index contributed by atoms with van der Waals surface area (Å²) < 4.78 is 32.7. The number of aromatic nitrogens is 1. The van der Waals surface area contributed by atoms with Gasteiger partial charge in [0.25, 0.3) is 10.0 Å². The molecule has 0 bridgehead atoms. The molecule has 0 aromatic carbocycles. The van der Waals surface area contributed by atoms with E-state index in [1.165, 1.54) is 11.3 Å². The quantitative estimate of drug-likeness (QED) is 0.809. The van der Waals surface area contributed by atoms with Crippen molar-refractivity contribution < 1.29 is 12.8 Å². The minimum Gasteiger partial charge on any atom is -0.444 e. The van der Waals surface area contributed by atoms with Crippen LogP contribution in [0, 0.1) is 6.92 Å². The molecule has 0 spiro atoms. The molecule has 0 saturated heterocycles. The zero-order valence-electron chi connectivity index (χ0n) is 12.3. The molecule has 0 aliphatic heterocycles. The lowest BCUT2D eigenvalue weighted by Crippen LogP contribution is -2.22. The van der Waals surface area contributed by atoms with Crippen molar-refractivity contribution in [1.29, 1.82) is 0 Å². The van der Waals surface area contributed by atoms with Crippen LogP contribution in [0.3, 0.4) is 0 Å². The monoisotopic (exact) mass is 329 g/mol. The molecule has 0 radical (unpaired) electrons. The second kappa shape index (κ2) is 6.69. The smallest absolute Gasteiger partial charge is 0.250 e. The van der Waals surface area contributed by atoms with Crippen LogP contribution < -0.4 is 10.0 Å². The lowest BCUT2D eigenvalue weighted by Gasteiger charge is -2.01. The Morgan fingerprint density at radius 1 is 1.38 bits per heavy atom. The summed E-state index contributed by atoms with van der Waals surface area (Å²) in [6.07, 6.45) is 2.35. The topological polar surface area (TPSA) is 84.2 Å². The normalized spacial score (nSPS) is 12.0. The predicted octanol–water partition coefficient (Wildman–Crippen LogP) is 1.80. The fourth-order valence-corrected chi connectivity index (χ4v) is 4.40. The fraction of sp³-hybridized carbons (Fsp3) is 0.462. The molecule has 2 rings (SSSR count). The molecule has 0 aliphatic rings. The van der Waals surface area contributed by atoms with Gasteiger partial charge >= 0.3 is 0 Å². The summed E-state index contributed by atoms with van der Waals surface area (Å²) in [6, 6.07) is 1.69. The van der Waals surface area contributed by atoms with Crippen LogP contribution >= 0.6 is 11.3 Å². The maximum atomic E-state index is 12.3. The average Bonchev–Trinajstić information content (AvgIpc) is 3.05. The summed E-state index contributed by atoms with van der Waals surface area (Å²) in [6.45, 7) is 4.57. The van der Waals surface area contributed by atoms with Gasteiger partial charge in [-0.05, 0) is 25.6 Å². The van der Waals surface area contributed by atoms with E-state index in [2.05, 4.69) is 15.0 Å². The first-order chi connectivity index (χ1) is 9.96. The van der Waals surface area contributed by atoms with E-state index in [1.807, 2.05) is 20.9 Å². The highest BCUT2D eigenvalue weighted by Gasteiger charge is 2.19. The number of rotatable bonds is 7. The van der Waals surface area contributed by atoms with Gasteiger partial charge in [-0.2, -0.15) is 0 Å². The van der Waals surface area contributed by atoms with Gasteiger partial charge in [-0.25, -0.2) is 18.1 Å². The number of aryl methyl sites for hydroxylation is 2. The van der Waals surface area contributed by atoms with Crippen LogP contribution in [0.2, 0.25) is 0 Å². The fourth-order valence-electron chi connectivity index (χ4n) is 1.78. The molecule has 0 atom stereocenters. The third-order valence-electron chi connectivity index (χ3n) is 2.96. The van der Waals surface area contributed by atoms with Crippen molar-refractivity contribution in [2.75, 3.05) is 7.05 Å². The number of hydrogen-bond acceptors (Lipinski definition) is 6. The maximum Gasteiger partial charge on any atom is 0.250 e. The molecule has 0 fully saturated rings. The van der Waals surface area contributed by atoms with Gasteiger partial charge in [-0.15, -0.1) is 11.3 Å². The second-order valence-corrected chi connectivity index (χ2v) is 7.73. The molecule has 21 heavy (non-hydrogen) atoms. The van der Waals surface area contributed by atoms with Gasteiger partial charge in [0.05, 0.1) is 12.7 Å². The molecule has 2 N–H and O–H groups in total. The van der Waals surface area contributed by atoms with E-state index in [4.69, 9.17) is 4.42 Å².